The molecule has 106 valence electrons. The number of halogens is 3. The maximum atomic E-state index is 13.5. The monoisotopic (exact) mass is 342 g/mol. The van der Waals surface area contributed by atoms with Crippen molar-refractivity contribution in [1.82, 2.24) is 4.98 Å². The molecule has 2 N–H and O–H groups in total. The molecule has 0 aliphatic carbocycles. The number of hydrogen-bond donors (Lipinski definition) is 1. The van der Waals surface area contributed by atoms with Crippen molar-refractivity contribution in [3.63, 3.8) is 0 Å². The number of nitrogens with zero attached hydrogens (tertiary/aromatic N) is 1. The average Bonchev–Trinajstić information content (AvgIpc) is 2.45. The van der Waals surface area contributed by atoms with Crippen LogP contribution in [0.2, 0.25) is 0 Å². The molecule has 0 aliphatic rings. The predicted molar refractivity (Wildman–Crippen MR) is 75.5 cm³/mol. The van der Waals surface area contributed by atoms with E-state index in [1.165, 1.54) is 6.07 Å². The summed E-state index contributed by atoms with van der Waals surface area (Å²) in [6.07, 6.45) is 3.14. The van der Waals surface area contributed by atoms with Gasteiger partial charge in [0.15, 0.2) is 11.6 Å². The van der Waals surface area contributed by atoms with Crippen molar-refractivity contribution in [2.75, 3.05) is 6.61 Å². The summed E-state index contributed by atoms with van der Waals surface area (Å²) in [7, 11) is 0. The topological polar surface area (TPSA) is 48.1 Å². The summed E-state index contributed by atoms with van der Waals surface area (Å²) in [6.45, 7) is 2.37. The first-order valence-electron chi connectivity index (χ1n) is 6.01. The Labute approximate surface area is 123 Å². The summed E-state index contributed by atoms with van der Waals surface area (Å²) in [5.41, 5.74) is 7.19. The summed E-state index contributed by atoms with van der Waals surface area (Å²) in [6, 6.07) is 3.59. The highest BCUT2D eigenvalue weighted by molar-refractivity contribution is 9.10. The Morgan fingerprint density at radius 2 is 2.10 bits per heavy atom. The van der Waals surface area contributed by atoms with Crippen LogP contribution < -0.4 is 10.5 Å². The second-order valence-electron chi connectivity index (χ2n) is 4.13. The van der Waals surface area contributed by atoms with Crippen LogP contribution in [0, 0.1) is 11.6 Å². The van der Waals surface area contributed by atoms with Crippen LogP contribution in [-0.2, 0) is 0 Å². The molecule has 0 amide bonds. The molecule has 0 aliphatic heterocycles. The Morgan fingerprint density at radius 3 is 2.80 bits per heavy atom. The van der Waals surface area contributed by atoms with Gasteiger partial charge in [-0.1, -0.05) is 6.07 Å². The smallest absolute Gasteiger partial charge is 0.173 e. The van der Waals surface area contributed by atoms with Crippen LogP contribution in [-0.4, -0.2) is 11.6 Å². The van der Waals surface area contributed by atoms with Crippen LogP contribution in [0.15, 0.2) is 35.1 Å². The normalized spacial score (nSPS) is 12.2. The molecule has 3 nitrogen and oxygen atoms in total. The zero-order valence-corrected chi connectivity index (χ0v) is 12.3. The Kier molecular flexibility index (Phi) is 4.67. The summed E-state index contributed by atoms with van der Waals surface area (Å²) in [5.74, 6) is -1.29. The van der Waals surface area contributed by atoms with Crippen molar-refractivity contribution in [3.05, 3.63) is 57.8 Å². The van der Waals surface area contributed by atoms with E-state index in [-0.39, 0.29) is 4.47 Å². The zero-order chi connectivity index (χ0) is 14.7. The van der Waals surface area contributed by atoms with Crippen LogP contribution in [0.3, 0.4) is 0 Å². The molecular weight excluding hydrogens is 330 g/mol. The molecule has 0 saturated carbocycles. The predicted octanol–water partition coefficient (Wildman–Crippen LogP) is 3.57. The highest BCUT2D eigenvalue weighted by atomic mass is 79.9. The number of benzene rings is 1. The summed E-state index contributed by atoms with van der Waals surface area (Å²) >= 11 is 3.03. The van der Waals surface area contributed by atoms with Crippen molar-refractivity contribution >= 4 is 15.9 Å². The third kappa shape index (κ3) is 2.96. The summed E-state index contributed by atoms with van der Waals surface area (Å²) in [4.78, 5) is 4.03. The van der Waals surface area contributed by atoms with Gasteiger partial charge < -0.3 is 10.5 Å². The summed E-state index contributed by atoms with van der Waals surface area (Å²) < 4.78 is 32.0. The van der Waals surface area contributed by atoms with Crippen molar-refractivity contribution in [3.8, 4) is 5.75 Å². The van der Waals surface area contributed by atoms with E-state index in [2.05, 4.69) is 20.9 Å². The van der Waals surface area contributed by atoms with Gasteiger partial charge in [0.05, 0.1) is 23.3 Å². The molecule has 1 heterocycles. The number of nitrogens with two attached hydrogens (primary N) is 1. The lowest BCUT2D eigenvalue weighted by Gasteiger charge is -2.15. The van der Waals surface area contributed by atoms with Crippen molar-refractivity contribution < 1.29 is 13.5 Å². The maximum Gasteiger partial charge on any atom is 0.173 e. The van der Waals surface area contributed by atoms with Gasteiger partial charge in [0.2, 0.25) is 0 Å². The van der Waals surface area contributed by atoms with Gasteiger partial charge in [-0.3, -0.25) is 4.98 Å². The fourth-order valence-electron chi connectivity index (χ4n) is 1.81. The standard InChI is InChI=1S/C14H13BrF2N2O/c1-2-20-9-5-8(6-19-7-9)14(18)10-3-4-11(16)13(17)12(10)15/h3-7,14H,2,18H2,1H3. The Balaban J connectivity index is 2.38. The van der Waals surface area contributed by atoms with E-state index in [4.69, 9.17) is 10.5 Å². The van der Waals surface area contributed by atoms with E-state index in [9.17, 15) is 8.78 Å². The van der Waals surface area contributed by atoms with Crippen LogP contribution in [0.25, 0.3) is 0 Å². The van der Waals surface area contributed by atoms with Gasteiger partial charge in [-0.15, -0.1) is 0 Å². The molecule has 2 rings (SSSR count). The largest absolute Gasteiger partial charge is 0.492 e. The number of rotatable bonds is 4. The van der Waals surface area contributed by atoms with Gasteiger partial charge in [0.25, 0.3) is 0 Å². The van der Waals surface area contributed by atoms with Crippen LogP contribution >= 0.6 is 15.9 Å². The minimum atomic E-state index is -0.952. The van der Waals surface area contributed by atoms with Gasteiger partial charge >= 0.3 is 0 Å². The third-order valence-corrected chi connectivity index (χ3v) is 3.61. The minimum Gasteiger partial charge on any atom is -0.492 e. The first kappa shape index (κ1) is 14.9. The van der Waals surface area contributed by atoms with Crippen LogP contribution in [0.5, 0.6) is 5.75 Å². The molecule has 20 heavy (non-hydrogen) atoms. The van der Waals surface area contributed by atoms with E-state index in [1.807, 2.05) is 6.92 Å². The molecule has 0 bridgehead atoms. The maximum absolute atomic E-state index is 13.5. The number of aromatic nitrogens is 1. The number of ether oxygens (including phenoxy) is 1. The highest BCUT2D eigenvalue weighted by Gasteiger charge is 2.18. The Morgan fingerprint density at radius 1 is 1.35 bits per heavy atom. The molecule has 1 aromatic carbocycles. The molecule has 1 aromatic heterocycles. The molecule has 1 unspecified atom stereocenters. The van der Waals surface area contributed by atoms with Gasteiger partial charge in [0.1, 0.15) is 5.75 Å². The van der Waals surface area contributed by atoms with Gasteiger partial charge in [-0.05, 0) is 46.1 Å². The SMILES string of the molecule is CCOc1cncc(C(N)c2ccc(F)c(F)c2Br)c1. The molecule has 2 aromatic rings. The fraction of sp³-hybridized carbons (Fsp3) is 0.214. The second-order valence-corrected chi connectivity index (χ2v) is 4.92. The van der Waals surface area contributed by atoms with Gasteiger partial charge in [-0.25, -0.2) is 8.78 Å². The first-order valence-corrected chi connectivity index (χ1v) is 6.80. The van der Waals surface area contributed by atoms with Crippen molar-refractivity contribution in [2.45, 2.75) is 13.0 Å². The third-order valence-electron chi connectivity index (χ3n) is 2.80. The quantitative estimate of drug-likeness (QED) is 0.864. The van der Waals surface area contributed by atoms with Gasteiger partial charge in [-0.2, -0.15) is 0 Å². The van der Waals surface area contributed by atoms with Crippen molar-refractivity contribution in [1.29, 1.82) is 0 Å². The summed E-state index contributed by atoms with van der Waals surface area (Å²) in [5, 5.41) is 0. The average molecular weight is 343 g/mol. The fourth-order valence-corrected chi connectivity index (χ4v) is 2.38. The Hall–Kier alpha value is -1.53. The van der Waals surface area contributed by atoms with Gasteiger partial charge in [0, 0.05) is 6.20 Å². The lowest BCUT2D eigenvalue weighted by molar-refractivity contribution is 0.338. The molecule has 1 atom stereocenters. The molecular formula is C14H13BrF2N2O. The molecule has 0 radical (unpaired) electrons. The number of pyridine rings is 1. The lowest BCUT2D eigenvalue weighted by atomic mass is 10.0. The van der Waals surface area contributed by atoms with E-state index in [0.717, 1.165) is 6.07 Å². The minimum absolute atomic E-state index is 0.0202. The zero-order valence-electron chi connectivity index (χ0n) is 10.7. The van der Waals surface area contributed by atoms with Crippen molar-refractivity contribution in [2.24, 2.45) is 5.73 Å². The lowest BCUT2D eigenvalue weighted by Crippen LogP contribution is -2.14. The molecule has 0 saturated heterocycles. The van der Waals surface area contributed by atoms with Crippen LogP contribution in [0.1, 0.15) is 24.1 Å². The first-order chi connectivity index (χ1) is 9.54. The Bertz CT molecular complexity index is 622. The van der Waals surface area contributed by atoms with E-state index in [0.29, 0.717) is 23.5 Å². The highest BCUT2D eigenvalue weighted by Crippen LogP contribution is 2.30. The second kappa shape index (κ2) is 6.28. The molecule has 0 fully saturated rings. The molecule has 6 heteroatoms. The number of hydrogen-bond acceptors (Lipinski definition) is 3. The molecule has 0 spiro atoms. The van der Waals surface area contributed by atoms with E-state index >= 15 is 0 Å². The van der Waals surface area contributed by atoms with E-state index < -0.39 is 17.7 Å². The van der Waals surface area contributed by atoms with E-state index in [1.54, 1.807) is 18.5 Å². The van der Waals surface area contributed by atoms with Crippen LogP contribution in [0.4, 0.5) is 8.78 Å².